The predicted octanol–water partition coefficient (Wildman–Crippen LogP) is 3.75. The summed E-state index contributed by atoms with van der Waals surface area (Å²) < 4.78 is 12.5. The van der Waals surface area contributed by atoms with Crippen LogP contribution in [0.15, 0.2) is 29.6 Å². The number of rotatable bonds is 2. The molecule has 90 valence electrons. The molecule has 0 spiro atoms. The Kier molecular flexibility index (Phi) is 3.47. The average molecular weight is 313 g/mol. The molecule has 1 fully saturated rings. The van der Waals surface area contributed by atoms with E-state index < -0.39 is 0 Å². The van der Waals surface area contributed by atoms with Gasteiger partial charge in [-0.15, -0.1) is 11.3 Å². The lowest BCUT2D eigenvalue weighted by Crippen LogP contribution is -2.31. The van der Waals surface area contributed by atoms with Gasteiger partial charge in [-0.2, -0.15) is 0 Å². The summed E-state index contributed by atoms with van der Waals surface area (Å²) >= 11 is 5.53. The van der Waals surface area contributed by atoms with Crippen LogP contribution in [0.1, 0.15) is 10.4 Å². The lowest BCUT2D eigenvalue weighted by Gasteiger charge is -2.27. The van der Waals surface area contributed by atoms with Crippen molar-refractivity contribution in [3.8, 4) is 0 Å². The van der Waals surface area contributed by atoms with Gasteiger partial charge in [-0.05, 0) is 22.4 Å². The standard InChI is InChI=1S/C13H13BrO2S/c14-13(11-7-15-5-6-16-11)10-8-17-12-4-2-1-3-9(10)12/h1-4,8,11,13H,5-7H2. The first kappa shape index (κ1) is 11.7. The van der Waals surface area contributed by atoms with E-state index in [9.17, 15) is 0 Å². The lowest BCUT2D eigenvalue weighted by molar-refractivity contribution is -0.0875. The smallest absolute Gasteiger partial charge is 0.0975 e. The minimum absolute atomic E-state index is 0.113. The zero-order valence-corrected chi connectivity index (χ0v) is 11.7. The van der Waals surface area contributed by atoms with E-state index >= 15 is 0 Å². The summed E-state index contributed by atoms with van der Waals surface area (Å²) in [4.78, 5) is 0.207. The Morgan fingerprint density at radius 2 is 2.18 bits per heavy atom. The average Bonchev–Trinajstić information content (AvgIpc) is 2.83. The summed E-state index contributed by atoms with van der Waals surface area (Å²) in [5, 5.41) is 3.52. The lowest BCUT2D eigenvalue weighted by atomic mass is 10.1. The van der Waals surface area contributed by atoms with Crippen molar-refractivity contribution >= 4 is 37.4 Å². The van der Waals surface area contributed by atoms with E-state index in [-0.39, 0.29) is 10.9 Å². The zero-order valence-electron chi connectivity index (χ0n) is 9.27. The van der Waals surface area contributed by atoms with Crippen molar-refractivity contribution in [2.24, 2.45) is 0 Å². The number of halogens is 1. The van der Waals surface area contributed by atoms with Gasteiger partial charge in [0.2, 0.25) is 0 Å². The van der Waals surface area contributed by atoms with Crippen molar-refractivity contribution in [2.45, 2.75) is 10.9 Å². The minimum Gasteiger partial charge on any atom is -0.376 e. The molecule has 2 heterocycles. The molecule has 17 heavy (non-hydrogen) atoms. The van der Waals surface area contributed by atoms with Crippen molar-refractivity contribution in [3.05, 3.63) is 35.2 Å². The van der Waals surface area contributed by atoms with Crippen molar-refractivity contribution in [3.63, 3.8) is 0 Å². The van der Waals surface area contributed by atoms with Gasteiger partial charge in [0.05, 0.1) is 30.8 Å². The molecule has 1 saturated heterocycles. The molecule has 0 saturated carbocycles. The van der Waals surface area contributed by atoms with Gasteiger partial charge >= 0.3 is 0 Å². The third-order valence-corrected chi connectivity index (χ3v) is 5.04. The Labute approximate surface area is 113 Å². The topological polar surface area (TPSA) is 18.5 Å². The molecule has 1 aliphatic heterocycles. The van der Waals surface area contributed by atoms with E-state index in [1.807, 2.05) is 0 Å². The van der Waals surface area contributed by atoms with E-state index in [2.05, 4.69) is 45.6 Å². The van der Waals surface area contributed by atoms with E-state index in [4.69, 9.17) is 9.47 Å². The SMILES string of the molecule is BrC(c1csc2ccccc12)C1COCCO1. The van der Waals surface area contributed by atoms with Gasteiger partial charge in [0.25, 0.3) is 0 Å². The Hall–Kier alpha value is -0.420. The summed E-state index contributed by atoms with van der Waals surface area (Å²) in [5.41, 5.74) is 1.31. The Morgan fingerprint density at radius 1 is 1.29 bits per heavy atom. The molecule has 2 nitrogen and oxygen atoms in total. The van der Waals surface area contributed by atoms with E-state index in [1.54, 1.807) is 11.3 Å². The maximum atomic E-state index is 5.75. The molecular weight excluding hydrogens is 300 g/mol. The molecule has 4 heteroatoms. The summed E-state index contributed by atoms with van der Waals surface area (Å²) in [5.74, 6) is 0. The molecule has 0 N–H and O–H groups in total. The van der Waals surface area contributed by atoms with E-state index in [1.165, 1.54) is 15.6 Å². The van der Waals surface area contributed by atoms with Gasteiger partial charge in [0.1, 0.15) is 0 Å². The molecule has 0 radical (unpaired) electrons. The molecule has 3 rings (SSSR count). The van der Waals surface area contributed by atoms with Crippen LogP contribution in [0.25, 0.3) is 10.1 Å². The second kappa shape index (κ2) is 5.06. The highest BCUT2D eigenvalue weighted by Crippen LogP contribution is 2.37. The van der Waals surface area contributed by atoms with Crippen LogP contribution in [0.2, 0.25) is 0 Å². The Morgan fingerprint density at radius 3 is 3.00 bits per heavy atom. The molecule has 0 aliphatic carbocycles. The van der Waals surface area contributed by atoms with Crippen LogP contribution in [-0.4, -0.2) is 25.9 Å². The molecule has 1 aliphatic rings. The Balaban J connectivity index is 1.92. The van der Waals surface area contributed by atoms with Crippen molar-refractivity contribution in [2.75, 3.05) is 19.8 Å². The van der Waals surface area contributed by atoms with Crippen molar-refractivity contribution in [1.82, 2.24) is 0 Å². The van der Waals surface area contributed by atoms with Gasteiger partial charge in [0, 0.05) is 4.70 Å². The number of thiophene rings is 1. The minimum atomic E-state index is 0.113. The van der Waals surface area contributed by atoms with E-state index in [0.717, 1.165) is 0 Å². The quantitative estimate of drug-likeness (QED) is 0.786. The number of benzene rings is 1. The monoisotopic (exact) mass is 312 g/mol. The molecule has 0 amide bonds. The van der Waals surface area contributed by atoms with E-state index in [0.29, 0.717) is 19.8 Å². The third kappa shape index (κ3) is 2.27. The first-order valence-corrected chi connectivity index (χ1v) is 7.45. The normalized spacial score (nSPS) is 22.8. The van der Waals surface area contributed by atoms with Crippen molar-refractivity contribution < 1.29 is 9.47 Å². The first-order valence-electron chi connectivity index (χ1n) is 5.66. The second-order valence-electron chi connectivity index (χ2n) is 4.07. The number of fused-ring (bicyclic) bond motifs is 1. The number of alkyl halides is 1. The summed E-state index contributed by atoms with van der Waals surface area (Å²) in [6, 6.07) is 8.48. The van der Waals surface area contributed by atoms with Crippen LogP contribution >= 0.6 is 27.3 Å². The highest BCUT2D eigenvalue weighted by Gasteiger charge is 2.26. The fourth-order valence-electron chi connectivity index (χ4n) is 2.09. The fourth-order valence-corrected chi connectivity index (χ4v) is 3.94. The number of hydrogen-bond donors (Lipinski definition) is 0. The zero-order chi connectivity index (χ0) is 11.7. The van der Waals surface area contributed by atoms with Gasteiger partial charge in [0.15, 0.2) is 0 Å². The summed E-state index contributed by atoms with van der Waals surface area (Å²) in [6.45, 7) is 2.07. The predicted molar refractivity (Wildman–Crippen MR) is 74.1 cm³/mol. The van der Waals surface area contributed by atoms with Gasteiger partial charge < -0.3 is 9.47 Å². The molecular formula is C13H13BrO2S. The largest absolute Gasteiger partial charge is 0.376 e. The first-order chi connectivity index (χ1) is 8.36. The highest BCUT2D eigenvalue weighted by molar-refractivity contribution is 9.09. The van der Waals surface area contributed by atoms with Gasteiger partial charge in [-0.25, -0.2) is 0 Å². The van der Waals surface area contributed by atoms with Crippen molar-refractivity contribution in [1.29, 1.82) is 0 Å². The Bertz CT molecular complexity index is 505. The molecule has 0 bridgehead atoms. The molecule has 2 atom stereocenters. The van der Waals surface area contributed by atoms with Crippen LogP contribution in [0.4, 0.5) is 0 Å². The summed E-state index contributed by atoms with van der Waals surface area (Å²) in [7, 11) is 0. The molecule has 1 aromatic heterocycles. The maximum absolute atomic E-state index is 5.75. The highest BCUT2D eigenvalue weighted by atomic mass is 79.9. The maximum Gasteiger partial charge on any atom is 0.0975 e. The fraction of sp³-hybridized carbons (Fsp3) is 0.385. The van der Waals surface area contributed by atoms with Crippen LogP contribution in [0.3, 0.4) is 0 Å². The number of hydrogen-bond acceptors (Lipinski definition) is 3. The van der Waals surface area contributed by atoms with Crippen LogP contribution in [-0.2, 0) is 9.47 Å². The molecule has 2 unspecified atom stereocenters. The number of ether oxygens (including phenoxy) is 2. The molecule has 1 aromatic carbocycles. The second-order valence-corrected chi connectivity index (χ2v) is 5.97. The van der Waals surface area contributed by atoms with Gasteiger partial charge in [-0.1, -0.05) is 34.1 Å². The van der Waals surface area contributed by atoms with Crippen LogP contribution in [0.5, 0.6) is 0 Å². The van der Waals surface area contributed by atoms with Crippen LogP contribution < -0.4 is 0 Å². The van der Waals surface area contributed by atoms with Crippen LogP contribution in [0, 0.1) is 0 Å². The van der Waals surface area contributed by atoms with Gasteiger partial charge in [-0.3, -0.25) is 0 Å². The third-order valence-electron chi connectivity index (χ3n) is 2.98. The summed E-state index contributed by atoms with van der Waals surface area (Å²) in [6.07, 6.45) is 0.113. The molecule has 2 aromatic rings.